The first-order chi connectivity index (χ1) is 6.28. The molecule has 0 aromatic rings. The third kappa shape index (κ3) is 6.02. The van der Waals surface area contributed by atoms with E-state index in [9.17, 15) is 0 Å². The molecular weight excluding hydrogens is 164 g/mol. The first-order valence-corrected chi connectivity index (χ1v) is 5.16. The SMILES string of the molecule is CCN(CC)CCC(COC)NC. The van der Waals surface area contributed by atoms with Gasteiger partial charge in [0.25, 0.3) is 0 Å². The summed E-state index contributed by atoms with van der Waals surface area (Å²) in [6, 6.07) is 0.491. The van der Waals surface area contributed by atoms with Crippen molar-refractivity contribution < 1.29 is 4.74 Å². The van der Waals surface area contributed by atoms with Crippen LogP contribution in [0.2, 0.25) is 0 Å². The van der Waals surface area contributed by atoms with Crippen molar-refractivity contribution in [2.45, 2.75) is 26.3 Å². The fraction of sp³-hybridized carbons (Fsp3) is 1.00. The zero-order valence-corrected chi connectivity index (χ0v) is 9.47. The third-order valence-corrected chi connectivity index (χ3v) is 2.46. The molecule has 0 bridgehead atoms. The molecule has 0 radical (unpaired) electrons. The highest BCUT2D eigenvalue weighted by molar-refractivity contribution is 4.66. The molecule has 80 valence electrons. The van der Waals surface area contributed by atoms with Crippen LogP contribution in [0.1, 0.15) is 20.3 Å². The molecule has 0 aliphatic rings. The topological polar surface area (TPSA) is 24.5 Å². The van der Waals surface area contributed by atoms with E-state index in [1.165, 1.54) is 0 Å². The molecule has 0 fully saturated rings. The highest BCUT2D eigenvalue weighted by atomic mass is 16.5. The third-order valence-electron chi connectivity index (χ3n) is 2.46. The van der Waals surface area contributed by atoms with Gasteiger partial charge in [0.05, 0.1) is 6.61 Å². The van der Waals surface area contributed by atoms with Crippen molar-refractivity contribution in [1.82, 2.24) is 10.2 Å². The monoisotopic (exact) mass is 188 g/mol. The van der Waals surface area contributed by atoms with Crippen molar-refractivity contribution in [1.29, 1.82) is 0 Å². The number of nitrogens with zero attached hydrogens (tertiary/aromatic N) is 1. The van der Waals surface area contributed by atoms with E-state index in [0.717, 1.165) is 32.7 Å². The van der Waals surface area contributed by atoms with Crippen LogP contribution in [-0.4, -0.2) is 51.3 Å². The van der Waals surface area contributed by atoms with Gasteiger partial charge in [-0.1, -0.05) is 13.8 Å². The zero-order valence-electron chi connectivity index (χ0n) is 9.47. The Kier molecular flexibility index (Phi) is 8.40. The van der Waals surface area contributed by atoms with Gasteiger partial charge >= 0.3 is 0 Å². The first kappa shape index (κ1) is 12.9. The molecular formula is C10H24N2O. The lowest BCUT2D eigenvalue weighted by molar-refractivity contribution is 0.157. The van der Waals surface area contributed by atoms with E-state index >= 15 is 0 Å². The van der Waals surface area contributed by atoms with Crippen LogP contribution in [0.5, 0.6) is 0 Å². The Labute approximate surface area is 82.4 Å². The minimum Gasteiger partial charge on any atom is -0.383 e. The number of rotatable bonds is 8. The quantitative estimate of drug-likeness (QED) is 0.614. The zero-order chi connectivity index (χ0) is 10.1. The Balaban J connectivity index is 3.56. The number of nitrogens with one attached hydrogen (secondary N) is 1. The first-order valence-electron chi connectivity index (χ1n) is 5.16. The van der Waals surface area contributed by atoms with Crippen LogP contribution in [0.15, 0.2) is 0 Å². The Bertz CT molecular complexity index is 105. The van der Waals surface area contributed by atoms with Crippen molar-refractivity contribution in [3.63, 3.8) is 0 Å². The highest BCUT2D eigenvalue weighted by Crippen LogP contribution is 1.96. The van der Waals surface area contributed by atoms with Crippen LogP contribution >= 0.6 is 0 Å². The summed E-state index contributed by atoms with van der Waals surface area (Å²) < 4.78 is 5.11. The molecule has 0 heterocycles. The van der Waals surface area contributed by atoms with E-state index in [0.29, 0.717) is 6.04 Å². The predicted molar refractivity (Wildman–Crippen MR) is 57.1 cm³/mol. The fourth-order valence-electron chi connectivity index (χ4n) is 1.39. The van der Waals surface area contributed by atoms with Crippen molar-refractivity contribution in [3.05, 3.63) is 0 Å². The molecule has 0 spiro atoms. The molecule has 1 atom stereocenters. The van der Waals surface area contributed by atoms with Gasteiger partial charge in [-0.15, -0.1) is 0 Å². The Morgan fingerprint density at radius 3 is 2.31 bits per heavy atom. The van der Waals surface area contributed by atoms with Crippen molar-refractivity contribution in [3.8, 4) is 0 Å². The van der Waals surface area contributed by atoms with Crippen LogP contribution in [0.25, 0.3) is 0 Å². The maximum Gasteiger partial charge on any atom is 0.0616 e. The largest absolute Gasteiger partial charge is 0.383 e. The maximum atomic E-state index is 5.11. The summed E-state index contributed by atoms with van der Waals surface area (Å²) in [5, 5.41) is 3.25. The van der Waals surface area contributed by atoms with Gasteiger partial charge in [0.1, 0.15) is 0 Å². The molecule has 0 saturated heterocycles. The molecule has 0 rings (SSSR count). The lowest BCUT2D eigenvalue weighted by atomic mass is 10.2. The molecule has 3 nitrogen and oxygen atoms in total. The predicted octanol–water partition coefficient (Wildman–Crippen LogP) is 0.953. The molecule has 1 N–H and O–H groups in total. The van der Waals surface area contributed by atoms with Crippen molar-refractivity contribution in [2.24, 2.45) is 0 Å². The van der Waals surface area contributed by atoms with Gasteiger partial charge in [-0.05, 0) is 33.1 Å². The lowest BCUT2D eigenvalue weighted by Crippen LogP contribution is -2.35. The minimum absolute atomic E-state index is 0.491. The lowest BCUT2D eigenvalue weighted by Gasteiger charge is -2.21. The second-order valence-corrected chi connectivity index (χ2v) is 3.26. The molecule has 0 aliphatic heterocycles. The Hall–Kier alpha value is -0.120. The molecule has 0 aromatic heterocycles. The summed E-state index contributed by atoms with van der Waals surface area (Å²) >= 11 is 0. The van der Waals surface area contributed by atoms with Crippen molar-refractivity contribution in [2.75, 3.05) is 40.4 Å². The molecule has 0 saturated carbocycles. The van der Waals surface area contributed by atoms with Crippen LogP contribution in [0.4, 0.5) is 0 Å². The number of ether oxygens (including phenoxy) is 1. The maximum absolute atomic E-state index is 5.11. The number of likely N-dealkylation sites (N-methyl/N-ethyl adjacent to an activating group) is 1. The molecule has 0 aliphatic carbocycles. The van der Waals surface area contributed by atoms with E-state index in [1.54, 1.807) is 7.11 Å². The second kappa shape index (κ2) is 8.48. The number of methoxy groups -OCH3 is 1. The van der Waals surface area contributed by atoms with E-state index in [4.69, 9.17) is 4.74 Å². The van der Waals surface area contributed by atoms with Gasteiger partial charge in [0, 0.05) is 13.2 Å². The Morgan fingerprint density at radius 2 is 1.92 bits per heavy atom. The van der Waals surface area contributed by atoms with E-state index < -0.39 is 0 Å². The molecule has 0 amide bonds. The molecule has 13 heavy (non-hydrogen) atoms. The van der Waals surface area contributed by atoms with Gasteiger partial charge in [-0.25, -0.2) is 0 Å². The van der Waals surface area contributed by atoms with E-state index in [2.05, 4.69) is 24.1 Å². The molecule has 3 heteroatoms. The van der Waals surface area contributed by atoms with Gasteiger partial charge in [0.15, 0.2) is 0 Å². The van der Waals surface area contributed by atoms with Gasteiger partial charge in [-0.2, -0.15) is 0 Å². The Morgan fingerprint density at radius 1 is 1.31 bits per heavy atom. The summed E-state index contributed by atoms with van der Waals surface area (Å²) in [5.74, 6) is 0. The molecule has 1 unspecified atom stereocenters. The van der Waals surface area contributed by atoms with Crippen LogP contribution in [-0.2, 0) is 4.74 Å². The van der Waals surface area contributed by atoms with Gasteiger partial charge in [0.2, 0.25) is 0 Å². The summed E-state index contributed by atoms with van der Waals surface area (Å²) in [6.45, 7) is 8.64. The summed E-state index contributed by atoms with van der Waals surface area (Å²) in [6.07, 6.45) is 1.16. The minimum atomic E-state index is 0.491. The normalized spacial score (nSPS) is 13.6. The van der Waals surface area contributed by atoms with E-state index in [1.807, 2.05) is 7.05 Å². The average Bonchev–Trinajstić information content (AvgIpc) is 2.17. The fourth-order valence-corrected chi connectivity index (χ4v) is 1.39. The highest BCUT2D eigenvalue weighted by Gasteiger charge is 2.07. The van der Waals surface area contributed by atoms with Crippen molar-refractivity contribution >= 4 is 0 Å². The molecule has 0 aromatic carbocycles. The summed E-state index contributed by atoms with van der Waals surface area (Å²) in [5.41, 5.74) is 0. The number of hydrogen-bond acceptors (Lipinski definition) is 3. The smallest absolute Gasteiger partial charge is 0.0616 e. The van der Waals surface area contributed by atoms with Gasteiger partial charge < -0.3 is 15.0 Å². The second-order valence-electron chi connectivity index (χ2n) is 3.26. The van der Waals surface area contributed by atoms with Crippen LogP contribution in [0.3, 0.4) is 0 Å². The van der Waals surface area contributed by atoms with E-state index in [-0.39, 0.29) is 0 Å². The van der Waals surface area contributed by atoms with Crippen LogP contribution in [0, 0.1) is 0 Å². The van der Waals surface area contributed by atoms with Crippen LogP contribution < -0.4 is 5.32 Å². The van der Waals surface area contributed by atoms with Gasteiger partial charge in [-0.3, -0.25) is 0 Å². The standard InChI is InChI=1S/C10H24N2O/c1-5-12(6-2)8-7-10(11-3)9-13-4/h10-11H,5-9H2,1-4H3. The summed E-state index contributed by atoms with van der Waals surface area (Å²) in [4.78, 5) is 2.43. The number of hydrogen-bond donors (Lipinski definition) is 1. The average molecular weight is 188 g/mol. The summed E-state index contributed by atoms with van der Waals surface area (Å²) in [7, 11) is 3.74.